The summed E-state index contributed by atoms with van der Waals surface area (Å²) < 4.78 is 29.1. The van der Waals surface area contributed by atoms with E-state index in [0.29, 0.717) is 16.4 Å². The number of amides is 1. The number of benzene rings is 3. The average Bonchev–Trinajstić information content (AvgIpc) is 3.10. The monoisotopic (exact) mass is 487 g/mol. The Labute approximate surface area is 179 Å². The highest BCUT2D eigenvalue weighted by atomic mass is 79.9. The SMILES string of the molecule is O=C(Nc1nc2ccc(Br)cc2s1)c1ccc(NS(=O)(=O)c2ccccc2)cc1. The third kappa shape index (κ3) is 4.47. The number of hydrogen-bond donors (Lipinski definition) is 2. The first-order valence-electron chi connectivity index (χ1n) is 8.46. The predicted octanol–water partition coefficient (Wildman–Crippen LogP) is 5.11. The molecule has 0 fully saturated rings. The van der Waals surface area contributed by atoms with Gasteiger partial charge in [0.15, 0.2) is 5.13 Å². The summed E-state index contributed by atoms with van der Waals surface area (Å²) in [5.74, 6) is -0.319. The molecule has 3 aromatic carbocycles. The van der Waals surface area contributed by atoms with Crippen LogP contribution in [0.15, 0.2) is 82.2 Å². The zero-order valence-corrected chi connectivity index (χ0v) is 18.0. The first kappa shape index (κ1) is 19.6. The van der Waals surface area contributed by atoms with Crippen molar-refractivity contribution in [1.82, 2.24) is 4.98 Å². The van der Waals surface area contributed by atoms with Crippen LogP contribution in [-0.4, -0.2) is 19.3 Å². The topological polar surface area (TPSA) is 88.2 Å². The van der Waals surface area contributed by atoms with Gasteiger partial charge in [-0.1, -0.05) is 45.5 Å². The third-order valence-electron chi connectivity index (χ3n) is 4.02. The van der Waals surface area contributed by atoms with Crippen molar-refractivity contribution in [2.45, 2.75) is 4.90 Å². The summed E-state index contributed by atoms with van der Waals surface area (Å²) in [4.78, 5) is 17.0. The molecule has 1 amide bonds. The Morgan fingerprint density at radius 2 is 1.69 bits per heavy atom. The van der Waals surface area contributed by atoms with Crippen LogP contribution >= 0.6 is 27.3 Å². The molecule has 0 aliphatic heterocycles. The van der Waals surface area contributed by atoms with E-state index in [0.717, 1.165) is 14.7 Å². The minimum atomic E-state index is -3.68. The highest BCUT2D eigenvalue weighted by Crippen LogP contribution is 2.28. The summed E-state index contributed by atoms with van der Waals surface area (Å²) in [6, 6.07) is 20.0. The lowest BCUT2D eigenvalue weighted by atomic mass is 10.2. The number of nitrogens with zero attached hydrogens (tertiary/aromatic N) is 1. The molecule has 29 heavy (non-hydrogen) atoms. The standard InChI is InChI=1S/C20H14BrN3O3S2/c21-14-8-11-17-18(12-14)28-20(22-17)23-19(25)13-6-9-15(10-7-13)24-29(26,27)16-4-2-1-3-5-16/h1-12,24H,(H,22,23,25). The fraction of sp³-hybridized carbons (Fsp3) is 0. The van der Waals surface area contributed by atoms with Crippen molar-refractivity contribution in [3.05, 3.63) is 82.8 Å². The summed E-state index contributed by atoms with van der Waals surface area (Å²) in [5.41, 5.74) is 1.57. The van der Waals surface area contributed by atoms with Crippen molar-refractivity contribution in [2.24, 2.45) is 0 Å². The lowest BCUT2D eigenvalue weighted by Gasteiger charge is -2.08. The van der Waals surface area contributed by atoms with E-state index < -0.39 is 10.0 Å². The van der Waals surface area contributed by atoms with Gasteiger partial charge in [-0.25, -0.2) is 13.4 Å². The minimum Gasteiger partial charge on any atom is -0.298 e. The molecule has 0 spiro atoms. The van der Waals surface area contributed by atoms with Gasteiger partial charge in [-0.3, -0.25) is 14.8 Å². The highest BCUT2D eigenvalue weighted by molar-refractivity contribution is 9.10. The van der Waals surface area contributed by atoms with Gasteiger partial charge >= 0.3 is 0 Å². The molecule has 9 heteroatoms. The second-order valence-electron chi connectivity index (χ2n) is 6.08. The van der Waals surface area contributed by atoms with Crippen molar-refractivity contribution in [3.63, 3.8) is 0 Å². The van der Waals surface area contributed by atoms with Crippen LogP contribution in [0, 0.1) is 0 Å². The first-order chi connectivity index (χ1) is 13.9. The van der Waals surface area contributed by atoms with E-state index in [2.05, 4.69) is 31.0 Å². The van der Waals surface area contributed by atoms with Crippen LogP contribution in [0.4, 0.5) is 10.8 Å². The number of carbonyl (C=O) groups is 1. The molecule has 0 bridgehead atoms. The molecule has 6 nitrogen and oxygen atoms in total. The van der Waals surface area contributed by atoms with Gasteiger partial charge in [-0.2, -0.15) is 0 Å². The Morgan fingerprint density at radius 3 is 2.41 bits per heavy atom. The fourth-order valence-corrected chi connectivity index (χ4v) is 5.12. The fourth-order valence-electron chi connectivity index (χ4n) is 2.62. The predicted molar refractivity (Wildman–Crippen MR) is 119 cm³/mol. The van der Waals surface area contributed by atoms with Gasteiger partial charge in [0.05, 0.1) is 15.1 Å². The van der Waals surface area contributed by atoms with Crippen LogP contribution in [0.3, 0.4) is 0 Å². The van der Waals surface area contributed by atoms with Crippen molar-refractivity contribution in [2.75, 3.05) is 10.0 Å². The van der Waals surface area contributed by atoms with E-state index >= 15 is 0 Å². The molecule has 1 aromatic heterocycles. The van der Waals surface area contributed by atoms with Crippen molar-refractivity contribution < 1.29 is 13.2 Å². The number of halogens is 1. The number of carbonyl (C=O) groups excluding carboxylic acids is 1. The number of nitrogens with one attached hydrogen (secondary N) is 2. The maximum absolute atomic E-state index is 12.5. The largest absolute Gasteiger partial charge is 0.298 e. The van der Waals surface area contributed by atoms with Crippen LogP contribution in [0.5, 0.6) is 0 Å². The van der Waals surface area contributed by atoms with Crippen LogP contribution in [0.1, 0.15) is 10.4 Å². The van der Waals surface area contributed by atoms with E-state index in [1.165, 1.54) is 23.5 Å². The molecule has 1 heterocycles. The molecule has 0 saturated heterocycles. The Morgan fingerprint density at radius 1 is 0.966 bits per heavy atom. The average molecular weight is 488 g/mol. The summed E-state index contributed by atoms with van der Waals surface area (Å²) in [7, 11) is -3.68. The van der Waals surface area contributed by atoms with Gasteiger partial charge in [-0.15, -0.1) is 0 Å². The van der Waals surface area contributed by atoms with Crippen LogP contribution in [0.25, 0.3) is 10.2 Å². The lowest BCUT2D eigenvalue weighted by Crippen LogP contribution is -2.14. The molecule has 2 N–H and O–H groups in total. The summed E-state index contributed by atoms with van der Waals surface area (Å²) in [6.45, 7) is 0. The van der Waals surface area contributed by atoms with Crippen LogP contribution in [0.2, 0.25) is 0 Å². The molecule has 0 aliphatic carbocycles. The van der Waals surface area contributed by atoms with Crippen molar-refractivity contribution >= 4 is 64.2 Å². The Kier molecular flexibility index (Phi) is 5.35. The van der Waals surface area contributed by atoms with E-state index in [1.807, 2.05) is 18.2 Å². The van der Waals surface area contributed by atoms with E-state index in [9.17, 15) is 13.2 Å². The molecular weight excluding hydrogens is 474 g/mol. The Hall–Kier alpha value is -2.75. The summed E-state index contributed by atoms with van der Waals surface area (Å²) >= 11 is 4.79. The van der Waals surface area contributed by atoms with E-state index in [1.54, 1.807) is 42.5 Å². The normalized spacial score (nSPS) is 11.3. The maximum atomic E-state index is 12.5. The van der Waals surface area contributed by atoms with Gasteiger partial charge < -0.3 is 0 Å². The molecular formula is C20H14BrN3O3S2. The van der Waals surface area contributed by atoms with Gasteiger partial charge in [0.25, 0.3) is 15.9 Å². The zero-order valence-electron chi connectivity index (χ0n) is 14.8. The molecule has 146 valence electrons. The summed E-state index contributed by atoms with van der Waals surface area (Å²) in [5, 5.41) is 3.27. The molecule has 0 atom stereocenters. The highest BCUT2D eigenvalue weighted by Gasteiger charge is 2.14. The number of anilines is 2. The summed E-state index contributed by atoms with van der Waals surface area (Å²) in [6.07, 6.45) is 0. The number of fused-ring (bicyclic) bond motifs is 1. The van der Waals surface area contributed by atoms with Crippen LogP contribution in [-0.2, 0) is 10.0 Å². The molecule has 4 aromatic rings. The second-order valence-corrected chi connectivity index (χ2v) is 9.71. The Balaban J connectivity index is 1.47. The number of sulfonamides is 1. The number of rotatable bonds is 5. The van der Waals surface area contributed by atoms with Gasteiger partial charge in [0.1, 0.15) is 0 Å². The third-order valence-corrected chi connectivity index (χ3v) is 6.85. The van der Waals surface area contributed by atoms with Gasteiger partial charge in [-0.05, 0) is 54.6 Å². The smallest absolute Gasteiger partial charge is 0.261 e. The molecule has 0 radical (unpaired) electrons. The first-order valence-corrected chi connectivity index (χ1v) is 11.6. The van der Waals surface area contributed by atoms with E-state index in [-0.39, 0.29) is 10.8 Å². The molecule has 0 unspecified atom stereocenters. The molecule has 0 aliphatic rings. The zero-order chi connectivity index (χ0) is 20.4. The molecule has 4 rings (SSSR count). The van der Waals surface area contributed by atoms with Gasteiger partial charge in [0.2, 0.25) is 0 Å². The number of aromatic nitrogens is 1. The number of hydrogen-bond acceptors (Lipinski definition) is 5. The Bertz CT molecular complexity index is 1290. The van der Waals surface area contributed by atoms with Crippen molar-refractivity contribution in [3.8, 4) is 0 Å². The number of thiazole rings is 1. The lowest BCUT2D eigenvalue weighted by molar-refractivity contribution is 0.102. The minimum absolute atomic E-state index is 0.171. The van der Waals surface area contributed by atoms with Gasteiger partial charge in [0, 0.05) is 15.7 Å². The van der Waals surface area contributed by atoms with Crippen LogP contribution < -0.4 is 10.0 Å². The van der Waals surface area contributed by atoms with E-state index in [4.69, 9.17) is 0 Å². The second kappa shape index (κ2) is 7.94. The quantitative estimate of drug-likeness (QED) is 0.409. The van der Waals surface area contributed by atoms with Crippen molar-refractivity contribution in [1.29, 1.82) is 0 Å². The maximum Gasteiger partial charge on any atom is 0.261 e. The molecule has 0 saturated carbocycles.